The molecule has 2 aromatic heterocycles. The predicted molar refractivity (Wildman–Crippen MR) is 63.4 cm³/mol. The SMILES string of the molecule is Clc1ccc(-n2cnnc2Cc2nn[nH]n2)cc1. The minimum atomic E-state index is 0.457. The van der Waals surface area contributed by atoms with Crippen LogP contribution in [0.1, 0.15) is 11.6 Å². The van der Waals surface area contributed by atoms with Gasteiger partial charge in [0.1, 0.15) is 12.2 Å². The molecular formula is C10H8ClN7. The number of nitrogens with zero attached hydrogens (tertiary/aromatic N) is 6. The molecule has 0 bridgehead atoms. The van der Waals surface area contributed by atoms with Crippen LogP contribution in [0.3, 0.4) is 0 Å². The lowest BCUT2D eigenvalue weighted by molar-refractivity contribution is 0.856. The van der Waals surface area contributed by atoms with Crippen LogP contribution < -0.4 is 0 Å². The quantitative estimate of drug-likeness (QED) is 0.761. The summed E-state index contributed by atoms with van der Waals surface area (Å²) >= 11 is 5.86. The highest BCUT2D eigenvalue weighted by Gasteiger charge is 2.09. The summed E-state index contributed by atoms with van der Waals surface area (Å²) in [6, 6.07) is 7.42. The number of aromatic nitrogens is 7. The van der Waals surface area contributed by atoms with Gasteiger partial charge < -0.3 is 0 Å². The lowest BCUT2D eigenvalue weighted by atomic mass is 10.3. The van der Waals surface area contributed by atoms with Crippen LogP contribution in [0.15, 0.2) is 30.6 Å². The van der Waals surface area contributed by atoms with Crippen molar-refractivity contribution in [3.8, 4) is 5.69 Å². The molecule has 0 saturated heterocycles. The highest BCUT2D eigenvalue weighted by atomic mass is 35.5. The van der Waals surface area contributed by atoms with Crippen molar-refractivity contribution in [2.75, 3.05) is 0 Å². The molecule has 0 unspecified atom stereocenters. The predicted octanol–water partition coefficient (Wildman–Crippen LogP) is 1.02. The Kier molecular flexibility index (Phi) is 2.73. The van der Waals surface area contributed by atoms with Gasteiger partial charge in [0.25, 0.3) is 0 Å². The van der Waals surface area contributed by atoms with Crippen LogP contribution >= 0.6 is 11.6 Å². The molecule has 0 atom stereocenters. The van der Waals surface area contributed by atoms with Crippen molar-refractivity contribution in [3.63, 3.8) is 0 Å². The number of halogens is 1. The Morgan fingerprint density at radius 1 is 1.17 bits per heavy atom. The van der Waals surface area contributed by atoms with Crippen molar-refractivity contribution >= 4 is 11.6 Å². The number of rotatable bonds is 3. The Labute approximate surface area is 107 Å². The van der Waals surface area contributed by atoms with E-state index in [-0.39, 0.29) is 0 Å². The fraction of sp³-hybridized carbons (Fsp3) is 0.100. The van der Waals surface area contributed by atoms with Gasteiger partial charge in [-0.15, -0.1) is 20.4 Å². The molecule has 1 aromatic carbocycles. The number of aromatic amines is 1. The molecule has 18 heavy (non-hydrogen) atoms. The second-order valence-corrected chi connectivity index (χ2v) is 4.03. The van der Waals surface area contributed by atoms with Gasteiger partial charge in [-0.2, -0.15) is 5.21 Å². The standard InChI is InChI=1S/C10H8ClN7/c11-7-1-3-8(4-2-7)18-6-12-15-10(18)5-9-13-16-17-14-9/h1-4,6H,5H2,(H,13,14,16,17). The van der Waals surface area contributed by atoms with E-state index in [0.717, 1.165) is 11.5 Å². The van der Waals surface area contributed by atoms with Gasteiger partial charge in [-0.25, -0.2) is 0 Å². The van der Waals surface area contributed by atoms with E-state index in [2.05, 4.69) is 30.8 Å². The monoisotopic (exact) mass is 261 g/mol. The Morgan fingerprint density at radius 2 is 2.00 bits per heavy atom. The third-order valence-corrected chi connectivity index (χ3v) is 2.68. The van der Waals surface area contributed by atoms with Gasteiger partial charge >= 0.3 is 0 Å². The molecule has 1 N–H and O–H groups in total. The smallest absolute Gasteiger partial charge is 0.182 e. The van der Waals surface area contributed by atoms with E-state index in [0.29, 0.717) is 17.3 Å². The topological polar surface area (TPSA) is 85.2 Å². The molecular weight excluding hydrogens is 254 g/mol. The van der Waals surface area contributed by atoms with Gasteiger partial charge in [0.15, 0.2) is 5.82 Å². The summed E-state index contributed by atoms with van der Waals surface area (Å²) in [5, 5.41) is 22.3. The molecule has 0 aliphatic heterocycles. The Morgan fingerprint density at radius 3 is 2.72 bits per heavy atom. The molecule has 3 rings (SSSR count). The second-order valence-electron chi connectivity index (χ2n) is 3.60. The number of H-pyrrole nitrogens is 1. The van der Waals surface area contributed by atoms with Crippen molar-refractivity contribution in [1.82, 2.24) is 35.4 Å². The van der Waals surface area contributed by atoms with Crippen molar-refractivity contribution < 1.29 is 0 Å². The first-order chi connectivity index (χ1) is 8.83. The summed E-state index contributed by atoms with van der Waals surface area (Å²) in [4.78, 5) is 0. The third kappa shape index (κ3) is 2.07. The van der Waals surface area contributed by atoms with Crippen LogP contribution in [0.5, 0.6) is 0 Å². The fourth-order valence-corrected chi connectivity index (χ4v) is 1.72. The second kappa shape index (κ2) is 4.53. The zero-order valence-electron chi connectivity index (χ0n) is 9.16. The maximum atomic E-state index is 5.86. The number of hydrogen-bond acceptors (Lipinski definition) is 5. The van der Waals surface area contributed by atoms with Gasteiger partial charge in [-0.05, 0) is 24.3 Å². The molecule has 3 aromatic rings. The Hall–Kier alpha value is -2.28. The molecule has 0 fully saturated rings. The minimum Gasteiger partial charge on any atom is -0.285 e. The maximum Gasteiger partial charge on any atom is 0.182 e. The third-order valence-electron chi connectivity index (χ3n) is 2.43. The van der Waals surface area contributed by atoms with E-state index in [9.17, 15) is 0 Å². The van der Waals surface area contributed by atoms with Crippen LogP contribution in [0.4, 0.5) is 0 Å². The van der Waals surface area contributed by atoms with E-state index in [1.54, 1.807) is 6.33 Å². The average Bonchev–Trinajstić information content (AvgIpc) is 3.02. The molecule has 0 spiro atoms. The Bertz CT molecular complexity index is 629. The summed E-state index contributed by atoms with van der Waals surface area (Å²) in [6.07, 6.45) is 2.10. The molecule has 0 radical (unpaired) electrons. The lowest BCUT2D eigenvalue weighted by Crippen LogP contribution is -2.02. The van der Waals surface area contributed by atoms with E-state index in [4.69, 9.17) is 11.6 Å². The van der Waals surface area contributed by atoms with E-state index < -0.39 is 0 Å². The molecule has 0 aliphatic rings. The maximum absolute atomic E-state index is 5.86. The molecule has 7 nitrogen and oxygen atoms in total. The molecule has 0 amide bonds. The summed E-state index contributed by atoms with van der Waals surface area (Å²) in [6.45, 7) is 0. The molecule has 90 valence electrons. The number of hydrogen-bond donors (Lipinski definition) is 1. The Balaban J connectivity index is 1.94. The zero-order valence-corrected chi connectivity index (χ0v) is 9.91. The summed E-state index contributed by atoms with van der Waals surface area (Å²) in [7, 11) is 0. The van der Waals surface area contributed by atoms with Crippen LogP contribution in [-0.2, 0) is 6.42 Å². The van der Waals surface area contributed by atoms with Crippen LogP contribution in [-0.4, -0.2) is 35.4 Å². The first-order valence-corrected chi connectivity index (χ1v) is 5.58. The average molecular weight is 262 g/mol. The fourth-order valence-electron chi connectivity index (χ4n) is 1.60. The van der Waals surface area contributed by atoms with Gasteiger partial charge in [0, 0.05) is 10.7 Å². The van der Waals surface area contributed by atoms with Crippen LogP contribution in [0, 0.1) is 0 Å². The lowest BCUT2D eigenvalue weighted by Gasteiger charge is -2.04. The minimum absolute atomic E-state index is 0.457. The highest BCUT2D eigenvalue weighted by Crippen LogP contribution is 2.15. The van der Waals surface area contributed by atoms with Crippen molar-refractivity contribution in [2.45, 2.75) is 6.42 Å². The van der Waals surface area contributed by atoms with Gasteiger partial charge in [0.2, 0.25) is 0 Å². The summed E-state index contributed by atoms with van der Waals surface area (Å²) in [5.41, 5.74) is 0.933. The van der Waals surface area contributed by atoms with Crippen LogP contribution in [0.2, 0.25) is 5.02 Å². The number of benzene rings is 1. The van der Waals surface area contributed by atoms with E-state index in [1.807, 2.05) is 28.8 Å². The summed E-state index contributed by atoms with van der Waals surface area (Å²) in [5.74, 6) is 1.30. The molecule has 2 heterocycles. The molecule has 0 saturated carbocycles. The summed E-state index contributed by atoms with van der Waals surface area (Å²) < 4.78 is 1.85. The zero-order chi connectivity index (χ0) is 12.4. The first kappa shape index (κ1) is 10.8. The number of nitrogens with one attached hydrogen (secondary N) is 1. The first-order valence-electron chi connectivity index (χ1n) is 5.20. The van der Waals surface area contributed by atoms with Gasteiger partial charge in [-0.1, -0.05) is 16.8 Å². The van der Waals surface area contributed by atoms with E-state index >= 15 is 0 Å². The van der Waals surface area contributed by atoms with Crippen LogP contribution in [0.25, 0.3) is 5.69 Å². The molecule has 8 heteroatoms. The highest BCUT2D eigenvalue weighted by molar-refractivity contribution is 6.30. The molecule has 0 aliphatic carbocycles. The van der Waals surface area contributed by atoms with Crippen molar-refractivity contribution in [1.29, 1.82) is 0 Å². The number of tetrazole rings is 1. The van der Waals surface area contributed by atoms with Crippen molar-refractivity contribution in [3.05, 3.63) is 47.3 Å². The van der Waals surface area contributed by atoms with Gasteiger partial charge in [0.05, 0.1) is 6.42 Å². The van der Waals surface area contributed by atoms with E-state index in [1.165, 1.54) is 0 Å². The van der Waals surface area contributed by atoms with Gasteiger partial charge in [-0.3, -0.25) is 4.57 Å². The van der Waals surface area contributed by atoms with Crippen molar-refractivity contribution in [2.24, 2.45) is 0 Å². The largest absolute Gasteiger partial charge is 0.285 e. The normalized spacial score (nSPS) is 10.7.